The van der Waals surface area contributed by atoms with Gasteiger partial charge in [0.05, 0.1) is 31.0 Å². The van der Waals surface area contributed by atoms with Gasteiger partial charge in [0.15, 0.2) is 6.10 Å². The largest absolute Gasteiger partial charge is 0.497 e. The first-order chi connectivity index (χ1) is 10.4. The molecule has 0 radical (unpaired) electrons. The van der Waals surface area contributed by atoms with Crippen LogP contribution in [-0.4, -0.2) is 16.7 Å². The molecule has 0 N–H and O–H groups in total. The molecule has 0 bridgehead atoms. The zero-order chi connectivity index (χ0) is 14.2. The summed E-state index contributed by atoms with van der Waals surface area (Å²) < 4.78 is 13.4. The number of para-hydroxylation sites is 1. The normalized spacial score (nSPS) is 15.4. The number of imidazole rings is 1. The summed E-state index contributed by atoms with van der Waals surface area (Å²) in [5, 5.41) is 0. The van der Waals surface area contributed by atoms with Gasteiger partial charge < -0.3 is 9.47 Å². The van der Waals surface area contributed by atoms with E-state index in [2.05, 4.69) is 21.7 Å². The summed E-state index contributed by atoms with van der Waals surface area (Å²) in [5.74, 6) is 1.63. The molecule has 4 rings (SSSR count). The van der Waals surface area contributed by atoms with Crippen molar-refractivity contribution in [1.29, 1.82) is 0 Å². The molecule has 0 amide bonds. The van der Waals surface area contributed by atoms with Crippen molar-refractivity contribution < 1.29 is 9.47 Å². The summed E-state index contributed by atoms with van der Waals surface area (Å²) in [5.41, 5.74) is 3.33. The molecule has 0 saturated heterocycles. The summed E-state index contributed by atoms with van der Waals surface area (Å²) in [4.78, 5) is 4.22. The van der Waals surface area contributed by atoms with Gasteiger partial charge in [-0.15, -0.1) is 0 Å². The first-order valence-corrected chi connectivity index (χ1v) is 6.79. The maximum absolute atomic E-state index is 6.17. The number of methoxy groups -OCH3 is 1. The number of benzene rings is 2. The van der Waals surface area contributed by atoms with Crippen LogP contribution in [0, 0.1) is 0 Å². The van der Waals surface area contributed by atoms with E-state index >= 15 is 0 Å². The SMILES string of the molecule is COc1ccc(OC2c3ccccc3-n3cncc32)cc1. The molecule has 104 valence electrons. The second kappa shape index (κ2) is 4.66. The minimum absolute atomic E-state index is 0.128. The Hall–Kier alpha value is -2.75. The van der Waals surface area contributed by atoms with Crippen molar-refractivity contribution in [2.45, 2.75) is 6.10 Å². The molecule has 1 atom stereocenters. The van der Waals surface area contributed by atoms with Crippen LogP contribution in [0.15, 0.2) is 61.1 Å². The van der Waals surface area contributed by atoms with Crippen molar-refractivity contribution in [2.75, 3.05) is 7.11 Å². The molecule has 2 aromatic carbocycles. The predicted octanol–water partition coefficient (Wildman–Crippen LogP) is 3.36. The standard InChI is InChI=1S/C17H14N2O2/c1-20-12-6-8-13(9-7-12)21-17-14-4-2-3-5-15(14)19-11-18-10-16(17)19/h2-11,17H,1H3. The number of hydrogen-bond acceptors (Lipinski definition) is 3. The van der Waals surface area contributed by atoms with Gasteiger partial charge in [0.2, 0.25) is 0 Å². The Morgan fingerprint density at radius 1 is 1.00 bits per heavy atom. The van der Waals surface area contributed by atoms with Crippen molar-refractivity contribution in [2.24, 2.45) is 0 Å². The molecule has 1 aliphatic heterocycles. The van der Waals surface area contributed by atoms with Crippen LogP contribution in [0.3, 0.4) is 0 Å². The first kappa shape index (κ1) is 12.0. The van der Waals surface area contributed by atoms with E-state index in [4.69, 9.17) is 9.47 Å². The Morgan fingerprint density at radius 2 is 1.76 bits per heavy atom. The van der Waals surface area contributed by atoms with E-state index in [0.717, 1.165) is 28.4 Å². The Bertz CT molecular complexity index is 777. The Labute approximate surface area is 122 Å². The number of nitrogens with zero attached hydrogens (tertiary/aromatic N) is 2. The molecule has 1 aliphatic rings. The molecular weight excluding hydrogens is 264 g/mol. The minimum atomic E-state index is -0.128. The van der Waals surface area contributed by atoms with Crippen LogP contribution >= 0.6 is 0 Å². The average molecular weight is 278 g/mol. The molecule has 4 nitrogen and oxygen atoms in total. The van der Waals surface area contributed by atoms with Crippen molar-refractivity contribution in [3.05, 3.63) is 72.3 Å². The third kappa shape index (κ3) is 1.88. The van der Waals surface area contributed by atoms with Crippen molar-refractivity contribution in [3.63, 3.8) is 0 Å². The third-order valence-corrected chi connectivity index (χ3v) is 3.73. The fourth-order valence-electron chi connectivity index (χ4n) is 2.70. The van der Waals surface area contributed by atoms with Crippen LogP contribution in [0.4, 0.5) is 0 Å². The molecule has 1 unspecified atom stereocenters. The smallest absolute Gasteiger partial charge is 0.168 e. The highest BCUT2D eigenvalue weighted by molar-refractivity contribution is 5.52. The van der Waals surface area contributed by atoms with Gasteiger partial charge in [0.25, 0.3) is 0 Å². The van der Waals surface area contributed by atoms with Gasteiger partial charge in [-0.3, -0.25) is 4.57 Å². The van der Waals surface area contributed by atoms with E-state index in [-0.39, 0.29) is 6.10 Å². The minimum Gasteiger partial charge on any atom is -0.497 e. The number of ether oxygens (including phenoxy) is 2. The van der Waals surface area contributed by atoms with Crippen LogP contribution in [0.2, 0.25) is 0 Å². The predicted molar refractivity (Wildman–Crippen MR) is 79.0 cm³/mol. The number of aromatic nitrogens is 2. The zero-order valence-electron chi connectivity index (χ0n) is 11.6. The molecule has 0 aliphatic carbocycles. The summed E-state index contributed by atoms with van der Waals surface area (Å²) in [7, 11) is 1.65. The van der Waals surface area contributed by atoms with Gasteiger partial charge in [-0.25, -0.2) is 4.98 Å². The monoisotopic (exact) mass is 278 g/mol. The summed E-state index contributed by atoms with van der Waals surface area (Å²) >= 11 is 0. The molecule has 0 saturated carbocycles. The van der Waals surface area contributed by atoms with Crippen molar-refractivity contribution >= 4 is 0 Å². The number of fused-ring (bicyclic) bond motifs is 3. The zero-order valence-corrected chi connectivity index (χ0v) is 11.6. The fourth-order valence-corrected chi connectivity index (χ4v) is 2.70. The number of hydrogen-bond donors (Lipinski definition) is 0. The van der Waals surface area contributed by atoms with Gasteiger partial charge in [-0.05, 0) is 30.3 Å². The van der Waals surface area contributed by atoms with Crippen LogP contribution in [0.25, 0.3) is 5.69 Å². The lowest BCUT2D eigenvalue weighted by Crippen LogP contribution is -2.06. The van der Waals surface area contributed by atoms with Crippen molar-refractivity contribution in [3.8, 4) is 17.2 Å². The van der Waals surface area contributed by atoms with Gasteiger partial charge in [-0.2, -0.15) is 0 Å². The molecule has 2 heterocycles. The van der Waals surface area contributed by atoms with Gasteiger partial charge in [0.1, 0.15) is 11.5 Å². The van der Waals surface area contributed by atoms with Crippen LogP contribution in [0.5, 0.6) is 11.5 Å². The van der Waals surface area contributed by atoms with E-state index in [1.165, 1.54) is 0 Å². The Morgan fingerprint density at radius 3 is 2.57 bits per heavy atom. The van der Waals surface area contributed by atoms with E-state index < -0.39 is 0 Å². The molecule has 3 aromatic rings. The lowest BCUT2D eigenvalue weighted by Gasteiger charge is -2.14. The third-order valence-electron chi connectivity index (χ3n) is 3.73. The van der Waals surface area contributed by atoms with Crippen molar-refractivity contribution in [1.82, 2.24) is 9.55 Å². The maximum Gasteiger partial charge on any atom is 0.168 e. The van der Waals surface area contributed by atoms with Gasteiger partial charge in [0, 0.05) is 5.56 Å². The lowest BCUT2D eigenvalue weighted by molar-refractivity contribution is 0.248. The summed E-state index contributed by atoms with van der Waals surface area (Å²) in [6, 6.07) is 15.9. The Balaban J connectivity index is 1.72. The molecule has 0 spiro atoms. The fraction of sp³-hybridized carbons (Fsp3) is 0.118. The second-order valence-corrected chi connectivity index (χ2v) is 4.92. The van der Waals surface area contributed by atoms with Crippen LogP contribution in [-0.2, 0) is 0 Å². The topological polar surface area (TPSA) is 36.3 Å². The molecular formula is C17H14N2O2. The second-order valence-electron chi connectivity index (χ2n) is 4.92. The highest BCUT2D eigenvalue weighted by Crippen LogP contribution is 2.38. The van der Waals surface area contributed by atoms with E-state index in [1.54, 1.807) is 7.11 Å². The molecule has 1 aromatic heterocycles. The maximum atomic E-state index is 6.17. The molecule has 0 fully saturated rings. The quantitative estimate of drug-likeness (QED) is 0.737. The van der Waals surface area contributed by atoms with E-state index in [0.29, 0.717) is 0 Å². The highest BCUT2D eigenvalue weighted by Gasteiger charge is 2.30. The molecule has 21 heavy (non-hydrogen) atoms. The summed E-state index contributed by atoms with van der Waals surface area (Å²) in [6.07, 6.45) is 3.55. The first-order valence-electron chi connectivity index (χ1n) is 6.79. The van der Waals surface area contributed by atoms with Gasteiger partial charge in [-0.1, -0.05) is 18.2 Å². The summed E-state index contributed by atoms with van der Waals surface area (Å²) in [6.45, 7) is 0. The molecule has 4 heteroatoms. The Kier molecular flexibility index (Phi) is 2.67. The van der Waals surface area contributed by atoms with Crippen LogP contribution in [0.1, 0.15) is 17.4 Å². The average Bonchev–Trinajstić information content (AvgIpc) is 3.11. The van der Waals surface area contributed by atoms with Crippen LogP contribution < -0.4 is 9.47 Å². The highest BCUT2D eigenvalue weighted by atomic mass is 16.5. The van der Waals surface area contributed by atoms with E-state index in [1.807, 2.05) is 48.9 Å². The van der Waals surface area contributed by atoms with Gasteiger partial charge >= 0.3 is 0 Å². The van der Waals surface area contributed by atoms with E-state index in [9.17, 15) is 0 Å². The lowest BCUT2D eigenvalue weighted by atomic mass is 10.1. The number of rotatable bonds is 3.